The number of nitrogens with one attached hydrogen (secondary N) is 2. The fourth-order valence-corrected chi connectivity index (χ4v) is 5.29. The second-order valence-electron chi connectivity index (χ2n) is 4.54. The number of hydrogen-bond donors (Lipinski definition) is 2. The first kappa shape index (κ1) is 16.4. The number of sulfonamides is 1. The smallest absolute Gasteiger partial charge is 0.263 e. The van der Waals surface area contributed by atoms with E-state index in [1.165, 1.54) is 11.3 Å². The van der Waals surface area contributed by atoms with E-state index < -0.39 is 10.0 Å². The lowest BCUT2D eigenvalue weighted by molar-refractivity contribution is 0.599. The van der Waals surface area contributed by atoms with E-state index in [0.29, 0.717) is 17.1 Å². The number of thiophene rings is 1. The van der Waals surface area contributed by atoms with Gasteiger partial charge in [-0.15, -0.1) is 23.1 Å². The van der Waals surface area contributed by atoms with E-state index in [9.17, 15) is 8.42 Å². The summed E-state index contributed by atoms with van der Waals surface area (Å²) >= 11 is 3.08. The predicted molar refractivity (Wildman–Crippen MR) is 90.9 cm³/mol. The van der Waals surface area contributed by atoms with Gasteiger partial charge < -0.3 is 5.32 Å². The summed E-state index contributed by atoms with van der Waals surface area (Å²) in [7, 11) is -1.75. The Bertz CT molecular complexity index is 706. The Balaban J connectivity index is 2.31. The molecule has 0 saturated heterocycles. The van der Waals surface area contributed by atoms with Crippen molar-refractivity contribution in [1.82, 2.24) is 5.32 Å². The summed E-state index contributed by atoms with van der Waals surface area (Å²) in [5.74, 6) is 0. The lowest BCUT2D eigenvalue weighted by Gasteiger charge is -2.10. The van der Waals surface area contributed by atoms with E-state index in [0.717, 1.165) is 15.3 Å². The van der Waals surface area contributed by atoms with E-state index >= 15 is 0 Å². The minimum atomic E-state index is -3.56. The van der Waals surface area contributed by atoms with Gasteiger partial charge in [0.1, 0.15) is 4.90 Å². The molecule has 114 valence electrons. The average Bonchev–Trinajstić information content (AvgIpc) is 2.81. The predicted octanol–water partition coefficient (Wildman–Crippen LogP) is 3.30. The van der Waals surface area contributed by atoms with Gasteiger partial charge in [0.25, 0.3) is 10.0 Å². The molecule has 4 nitrogen and oxygen atoms in total. The number of rotatable bonds is 6. The van der Waals surface area contributed by atoms with Gasteiger partial charge in [-0.05, 0) is 55.4 Å². The molecule has 0 fully saturated rings. The van der Waals surface area contributed by atoms with Crippen LogP contribution in [0.25, 0.3) is 0 Å². The molecule has 0 bridgehead atoms. The highest BCUT2D eigenvalue weighted by atomic mass is 32.2. The maximum atomic E-state index is 12.6. The topological polar surface area (TPSA) is 58.2 Å². The number of hydrogen-bond acceptors (Lipinski definition) is 5. The molecule has 1 aromatic heterocycles. The zero-order valence-electron chi connectivity index (χ0n) is 12.1. The van der Waals surface area contributed by atoms with Crippen LogP contribution in [0.4, 0.5) is 5.69 Å². The minimum absolute atomic E-state index is 0.385. The summed E-state index contributed by atoms with van der Waals surface area (Å²) in [6, 6.07) is 7.36. The highest BCUT2D eigenvalue weighted by Gasteiger charge is 2.22. The summed E-state index contributed by atoms with van der Waals surface area (Å²) in [5, 5.41) is 4.88. The summed E-state index contributed by atoms with van der Waals surface area (Å²) in [4.78, 5) is 2.31. The van der Waals surface area contributed by atoms with Gasteiger partial charge in [-0.25, -0.2) is 8.42 Å². The molecule has 0 amide bonds. The number of aryl methyl sites for hydroxylation is 1. The second kappa shape index (κ2) is 6.83. The van der Waals surface area contributed by atoms with E-state index in [1.54, 1.807) is 30.9 Å². The highest BCUT2D eigenvalue weighted by Crippen LogP contribution is 2.29. The standard InChI is InChI=1S/C14H18N2O2S3/c1-10-9-20-13(8-15-2)14(10)21(17,18)16-11-4-6-12(19-3)7-5-11/h4-7,9,15-16H,8H2,1-3H3. The van der Waals surface area contributed by atoms with Crippen LogP contribution in [0.3, 0.4) is 0 Å². The van der Waals surface area contributed by atoms with Crippen molar-refractivity contribution >= 4 is 38.8 Å². The van der Waals surface area contributed by atoms with Gasteiger partial charge in [0, 0.05) is 22.0 Å². The van der Waals surface area contributed by atoms with Crippen molar-refractivity contribution in [2.75, 3.05) is 18.0 Å². The summed E-state index contributed by atoms with van der Waals surface area (Å²) in [5.41, 5.74) is 1.35. The van der Waals surface area contributed by atoms with Gasteiger partial charge in [0.05, 0.1) is 0 Å². The Hall–Kier alpha value is -1.02. The molecule has 0 saturated carbocycles. The van der Waals surface area contributed by atoms with E-state index in [4.69, 9.17) is 0 Å². The Kier molecular flexibility index (Phi) is 5.32. The average molecular weight is 343 g/mol. The van der Waals surface area contributed by atoms with Gasteiger partial charge in [0.15, 0.2) is 0 Å². The van der Waals surface area contributed by atoms with Crippen molar-refractivity contribution in [3.8, 4) is 0 Å². The van der Waals surface area contributed by atoms with Crippen LogP contribution >= 0.6 is 23.1 Å². The largest absolute Gasteiger partial charge is 0.315 e. The molecule has 2 aromatic rings. The van der Waals surface area contributed by atoms with E-state index in [1.807, 2.05) is 30.7 Å². The van der Waals surface area contributed by atoms with Crippen LogP contribution < -0.4 is 10.0 Å². The highest BCUT2D eigenvalue weighted by molar-refractivity contribution is 7.98. The first-order valence-electron chi connectivity index (χ1n) is 6.36. The first-order valence-corrected chi connectivity index (χ1v) is 9.95. The normalized spacial score (nSPS) is 11.6. The lowest BCUT2D eigenvalue weighted by Crippen LogP contribution is -2.16. The SMILES string of the molecule is CNCc1scc(C)c1S(=O)(=O)Nc1ccc(SC)cc1. The maximum Gasteiger partial charge on any atom is 0.263 e. The summed E-state index contributed by atoms with van der Waals surface area (Å²) in [6.07, 6.45) is 1.98. The van der Waals surface area contributed by atoms with Gasteiger partial charge >= 0.3 is 0 Å². The molecular weight excluding hydrogens is 324 g/mol. The summed E-state index contributed by atoms with van der Waals surface area (Å²) < 4.78 is 27.8. The number of benzene rings is 1. The molecule has 0 unspecified atom stereocenters. The Morgan fingerprint density at radius 3 is 2.48 bits per heavy atom. The van der Waals surface area contributed by atoms with Crippen LogP contribution in [0.5, 0.6) is 0 Å². The second-order valence-corrected chi connectivity index (χ2v) is 8.00. The first-order chi connectivity index (χ1) is 9.97. The number of anilines is 1. The molecule has 2 rings (SSSR count). The van der Waals surface area contributed by atoms with Gasteiger partial charge in [-0.3, -0.25) is 4.72 Å². The van der Waals surface area contributed by atoms with Crippen molar-refractivity contribution in [2.24, 2.45) is 0 Å². The molecule has 0 atom stereocenters. The molecule has 0 aliphatic rings. The molecule has 21 heavy (non-hydrogen) atoms. The molecule has 0 aliphatic heterocycles. The third-order valence-corrected chi connectivity index (χ3v) is 6.53. The Morgan fingerprint density at radius 1 is 1.24 bits per heavy atom. The van der Waals surface area contributed by atoms with Crippen LogP contribution in [0.2, 0.25) is 0 Å². The summed E-state index contributed by atoms with van der Waals surface area (Å²) in [6.45, 7) is 2.36. The van der Waals surface area contributed by atoms with Crippen LogP contribution in [0, 0.1) is 6.92 Å². The van der Waals surface area contributed by atoms with Crippen molar-refractivity contribution in [3.63, 3.8) is 0 Å². The van der Waals surface area contributed by atoms with Crippen LogP contribution in [0.1, 0.15) is 10.4 Å². The van der Waals surface area contributed by atoms with Gasteiger partial charge in [-0.2, -0.15) is 0 Å². The molecule has 1 heterocycles. The van der Waals surface area contributed by atoms with Crippen LogP contribution in [0.15, 0.2) is 39.4 Å². The lowest BCUT2D eigenvalue weighted by atomic mass is 10.3. The fourth-order valence-electron chi connectivity index (χ4n) is 2.00. The molecule has 2 N–H and O–H groups in total. The molecule has 7 heteroatoms. The molecule has 0 spiro atoms. The van der Waals surface area contributed by atoms with Crippen molar-refractivity contribution in [1.29, 1.82) is 0 Å². The van der Waals surface area contributed by atoms with E-state index in [-0.39, 0.29) is 0 Å². The quantitative estimate of drug-likeness (QED) is 0.791. The third-order valence-electron chi connectivity index (χ3n) is 2.94. The van der Waals surface area contributed by atoms with Crippen LogP contribution in [-0.4, -0.2) is 21.7 Å². The van der Waals surface area contributed by atoms with Gasteiger partial charge in [0.2, 0.25) is 0 Å². The monoisotopic (exact) mass is 342 g/mol. The van der Waals surface area contributed by atoms with Crippen molar-refractivity contribution in [2.45, 2.75) is 23.3 Å². The van der Waals surface area contributed by atoms with E-state index in [2.05, 4.69) is 10.0 Å². The zero-order valence-corrected chi connectivity index (χ0v) is 14.6. The minimum Gasteiger partial charge on any atom is -0.315 e. The van der Waals surface area contributed by atoms with Crippen molar-refractivity contribution < 1.29 is 8.42 Å². The third kappa shape index (κ3) is 3.79. The van der Waals surface area contributed by atoms with Crippen LogP contribution in [-0.2, 0) is 16.6 Å². The Labute approximate surface area is 134 Å². The van der Waals surface area contributed by atoms with Crippen molar-refractivity contribution in [3.05, 3.63) is 40.1 Å². The maximum absolute atomic E-state index is 12.6. The zero-order chi connectivity index (χ0) is 15.5. The fraction of sp³-hybridized carbons (Fsp3) is 0.286. The molecule has 1 aromatic carbocycles. The molecule has 0 aliphatic carbocycles. The number of thioether (sulfide) groups is 1. The Morgan fingerprint density at radius 2 is 1.90 bits per heavy atom. The molecule has 0 radical (unpaired) electrons. The molecular formula is C14H18N2O2S3. The van der Waals surface area contributed by atoms with Gasteiger partial charge in [-0.1, -0.05) is 0 Å².